The number of halogens is 1. The average molecular weight is 289 g/mol. The highest BCUT2D eigenvalue weighted by Gasteiger charge is 2.20. The molecule has 0 aliphatic rings. The van der Waals surface area contributed by atoms with E-state index in [4.69, 9.17) is 16.3 Å². The average Bonchev–Trinajstić information content (AvgIpc) is 2.48. The Hall–Kier alpha value is -1.64. The summed E-state index contributed by atoms with van der Waals surface area (Å²) in [5.74, 6) is 0.0559. The second kappa shape index (κ2) is 7.22. The number of Topliss-reactive ketones (excluding diaryl/α,β-unsaturated/α-hetero) is 1. The van der Waals surface area contributed by atoms with E-state index in [9.17, 15) is 4.79 Å². The van der Waals surface area contributed by atoms with Crippen molar-refractivity contribution in [3.8, 4) is 0 Å². The minimum Gasteiger partial charge on any atom is -0.366 e. The van der Waals surface area contributed by atoms with E-state index >= 15 is 0 Å². The van der Waals surface area contributed by atoms with Crippen LogP contribution in [0.1, 0.15) is 24.2 Å². The molecule has 0 saturated heterocycles. The SMILES string of the molecule is CCOC(C(=O)Cc1ccc(Cl)cc1)c1ccccc1. The lowest BCUT2D eigenvalue weighted by Gasteiger charge is -2.16. The Bertz CT molecular complexity index is 549. The summed E-state index contributed by atoms with van der Waals surface area (Å²) in [4.78, 5) is 12.4. The Morgan fingerprint density at radius 1 is 1.10 bits per heavy atom. The normalized spacial score (nSPS) is 12.1. The van der Waals surface area contributed by atoms with Crippen molar-refractivity contribution in [1.29, 1.82) is 0 Å². The monoisotopic (exact) mass is 288 g/mol. The summed E-state index contributed by atoms with van der Waals surface area (Å²) in [5.41, 5.74) is 1.84. The van der Waals surface area contributed by atoms with Crippen LogP contribution in [-0.2, 0) is 16.0 Å². The van der Waals surface area contributed by atoms with Gasteiger partial charge in [0.25, 0.3) is 0 Å². The lowest BCUT2D eigenvalue weighted by molar-refractivity contribution is -0.130. The number of ether oxygens (including phenoxy) is 1. The maximum atomic E-state index is 12.4. The van der Waals surface area contributed by atoms with Crippen LogP contribution < -0.4 is 0 Å². The number of benzene rings is 2. The van der Waals surface area contributed by atoms with Gasteiger partial charge in [0.15, 0.2) is 5.78 Å². The lowest BCUT2D eigenvalue weighted by atomic mass is 10.00. The van der Waals surface area contributed by atoms with Gasteiger partial charge in [0.05, 0.1) is 0 Å². The maximum Gasteiger partial charge on any atom is 0.170 e. The van der Waals surface area contributed by atoms with Crippen LogP contribution in [0.25, 0.3) is 0 Å². The summed E-state index contributed by atoms with van der Waals surface area (Å²) < 4.78 is 5.61. The molecule has 1 atom stereocenters. The minimum atomic E-state index is -0.503. The Kier molecular flexibility index (Phi) is 5.33. The van der Waals surface area contributed by atoms with Gasteiger partial charge in [-0.3, -0.25) is 4.79 Å². The first-order valence-electron chi connectivity index (χ1n) is 6.64. The molecule has 1 unspecified atom stereocenters. The first kappa shape index (κ1) is 14.8. The molecule has 0 spiro atoms. The number of ketones is 1. The molecule has 0 amide bonds. The van der Waals surface area contributed by atoms with E-state index in [2.05, 4.69) is 0 Å². The molecule has 0 N–H and O–H groups in total. The van der Waals surface area contributed by atoms with Crippen LogP contribution >= 0.6 is 11.6 Å². The topological polar surface area (TPSA) is 26.3 Å². The zero-order chi connectivity index (χ0) is 14.4. The van der Waals surface area contributed by atoms with Crippen molar-refractivity contribution in [3.05, 3.63) is 70.7 Å². The second-order valence-electron chi connectivity index (χ2n) is 4.52. The molecule has 0 aliphatic heterocycles. The molecule has 0 fully saturated rings. The van der Waals surface area contributed by atoms with Crippen molar-refractivity contribution >= 4 is 17.4 Å². The van der Waals surface area contributed by atoms with Crippen molar-refractivity contribution < 1.29 is 9.53 Å². The molecule has 0 radical (unpaired) electrons. The number of carbonyl (C=O) groups is 1. The molecule has 3 heteroatoms. The fraction of sp³-hybridized carbons (Fsp3) is 0.235. The fourth-order valence-corrected chi connectivity index (χ4v) is 2.19. The molecular weight excluding hydrogens is 272 g/mol. The van der Waals surface area contributed by atoms with Crippen molar-refractivity contribution in [1.82, 2.24) is 0 Å². The third-order valence-corrected chi connectivity index (χ3v) is 3.27. The molecular formula is C17H17ClO2. The molecule has 0 bridgehead atoms. The van der Waals surface area contributed by atoms with E-state index in [1.54, 1.807) is 12.1 Å². The van der Waals surface area contributed by atoms with Gasteiger partial charge >= 0.3 is 0 Å². The van der Waals surface area contributed by atoms with Gasteiger partial charge in [0.2, 0.25) is 0 Å². The number of hydrogen-bond acceptors (Lipinski definition) is 2. The zero-order valence-electron chi connectivity index (χ0n) is 11.4. The van der Waals surface area contributed by atoms with E-state index in [1.807, 2.05) is 49.4 Å². The second-order valence-corrected chi connectivity index (χ2v) is 4.95. The zero-order valence-corrected chi connectivity index (χ0v) is 12.1. The highest BCUT2D eigenvalue weighted by atomic mass is 35.5. The molecule has 2 aromatic carbocycles. The minimum absolute atomic E-state index is 0.0559. The van der Waals surface area contributed by atoms with Gasteiger partial charge in [-0.25, -0.2) is 0 Å². The summed E-state index contributed by atoms with van der Waals surface area (Å²) in [7, 11) is 0. The summed E-state index contributed by atoms with van der Waals surface area (Å²) >= 11 is 5.85. The Balaban J connectivity index is 2.13. The summed E-state index contributed by atoms with van der Waals surface area (Å²) in [6, 6.07) is 16.9. The highest BCUT2D eigenvalue weighted by Crippen LogP contribution is 2.21. The largest absolute Gasteiger partial charge is 0.366 e. The Morgan fingerprint density at radius 2 is 1.75 bits per heavy atom. The molecule has 0 saturated carbocycles. The first-order chi connectivity index (χ1) is 9.70. The summed E-state index contributed by atoms with van der Waals surface area (Å²) in [6.45, 7) is 2.40. The molecule has 0 aliphatic carbocycles. The van der Waals surface area contributed by atoms with Gasteiger partial charge in [0.1, 0.15) is 6.10 Å². The molecule has 2 aromatic rings. The molecule has 0 heterocycles. The summed E-state index contributed by atoms with van der Waals surface area (Å²) in [5, 5.41) is 0.672. The molecule has 20 heavy (non-hydrogen) atoms. The third kappa shape index (κ3) is 3.92. The summed E-state index contributed by atoms with van der Waals surface area (Å²) in [6.07, 6.45) is -0.159. The van der Waals surface area contributed by atoms with Crippen LogP contribution in [-0.4, -0.2) is 12.4 Å². The van der Waals surface area contributed by atoms with E-state index < -0.39 is 6.10 Å². The van der Waals surface area contributed by atoms with E-state index in [-0.39, 0.29) is 5.78 Å². The maximum absolute atomic E-state index is 12.4. The van der Waals surface area contributed by atoms with Gasteiger partial charge in [-0.05, 0) is 30.2 Å². The molecule has 104 valence electrons. The van der Waals surface area contributed by atoms with Crippen molar-refractivity contribution in [2.75, 3.05) is 6.61 Å². The van der Waals surface area contributed by atoms with Gasteiger partial charge in [-0.2, -0.15) is 0 Å². The van der Waals surface area contributed by atoms with Crippen LogP contribution in [0.3, 0.4) is 0 Å². The number of hydrogen-bond donors (Lipinski definition) is 0. The quantitative estimate of drug-likeness (QED) is 0.795. The smallest absolute Gasteiger partial charge is 0.170 e. The van der Waals surface area contributed by atoms with Crippen LogP contribution in [0, 0.1) is 0 Å². The number of carbonyl (C=O) groups excluding carboxylic acids is 1. The molecule has 0 aromatic heterocycles. The van der Waals surface area contributed by atoms with Crippen molar-refractivity contribution in [2.45, 2.75) is 19.4 Å². The molecule has 2 rings (SSSR count). The Labute approximate surface area is 124 Å². The van der Waals surface area contributed by atoms with Crippen molar-refractivity contribution in [2.24, 2.45) is 0 Å². The predicted molar refractivity (Wildman–Crippen MR) is 81.0 cm³/mol. The standard InChI is InChI=1S/C17H17ClO2/c1-2-20-17(14-6-4-3-5-7-14)16(19)12-13-8-10-15(18)11-9-13/h3-11,17H,2,12H2,1H3. The fourth-order valence-electron chi connectivity index (χ4n) is 2.07. The van der Waals surface area contributed by atoms with Crippen LogP contribution in [0.4, 0.5) is 0 Å². The van der Waals surface area contributed by atoms with Gasteiger partial charge in [-0.15, -0.1) is 0 Å². The van der Waals surface area contributed by atoms with E-state index in [0.29, 0.717) is 18.1 Å². The predicted octanol–water partition coefficient (Wildman–Crippen LogP) is 4.23. The molecule has 2 nitrogen and oxygen atoms in total. The van der Waals surface area contributed by atoms with Crippen LogP contribution in [0.5, 0.6) is 0 Å². The Morgan fingerprint density at radius 3 is 2.35 bits per heavy atom. The highest BCUT2D eigenvalue weighted by molar-refractivity contribution is 6.30. The first-order valence-corrected chi connectivity index (χ1v) is 7.02. The van der Waals surface area contributed by atoms with Crippen molar-refractivity contribution in [3.63, 3.8) is 0 Å². The van der Waals surface area contributed by atoms with E-state index in [0.717, 1.165) is 11.1 Å². The lowest BCUT2D eigenvalue weighted by Crippen LogP contribution is -2.18. The van der Waals surface area contributed by atoms with Crippen LogP contribution in [0.2, 0.25) is 5.02 Å². The van der Waals surface area contributed by atoms with Crippen LogP contribution in [0.15, 0.2) is 54.6 Å². The van der Waals surface area contributed by atoms with Gasteiger partial charge in [0, 0.05) is 18.1 Å². The van der Waals surface area contributed by atoms with Gasteiger partial charge < -0.3 is 4.74 Å². The van der Waals surface area contributed by atoms with Gasteiger partial charge in [-0.1, -0.05) is 54.1 Å². The third-order valence-electron chi connectivity index (χ3n) is 3.02. The van der Waals surface area contributed by atoms with E-state index in [1.165, 1.54) is 0 Å². The number of rotatable bonds is 6.